The molecule has 0 saturated heterocycles. The number of rotatable bonds is 6. The number of nitro benzene ring substituents is 1. The summed E-state index contributed by atoms with van der Waals surface area (Å²) in [7, 11) is 0. The zero-order valence-corrected chi connectivity index (χ0v) is 21.2. The Bertz CT molecular complexity index is 1520. The summed E-state index contributed by atoms with van der Waals surface area (Å²) in [4.78, 5) is 42.5. The Hall–Kier alpha value is -4.11. The fourth-order valence-electron chi connectivity index (χ4n) is 4.59. The maximum Gasteiger partial charge on any atom is 0.340 e. The number of non-ortho nitro benzene ring substituents is 1. The molecule has 1 heterocycles. The van der Waals surface area contributed by atoms with Gasteiger partial charge < -0.3 is 10.1 Å². The van der Waals surface area contributed by atoms with Crippen molar-refractivity contribution in [2.75, 3.05) is 5.32 Å². The van der Waals surface area contributed by atoms with Gasteiger partial charge >= 0.3 is 5.97 Å². The third-order valence-corrected chi connectivity index (χ3v) is 7.02. The minimum atomic E-state index is -1.25. The van der Waals surface area contributed by atoms with Crippen molar-refractivity contribution in [3.8, 4) is 0 Å². The van der Waals surface area contributed by atoms with Crippen molar-refractivity contribution in [3.05, 3.63) is 110 Å². The number of aryl methyl sites for hydroxylation is 1. The zero-order valence-electron chi connectivity index (χ0n) is 19.6. The van der Waals surface area contributed by atoms with Crippen LogP contribution in [0.4, 0.5) is 11.4 Å². The molecule has 0 saturated carbocycles. The van der Waals surface area contributed by atoms with Gasteiger partial charge in [-0.2, -0.15) is 0 Å². The summed E-state index contributed by atoms with van der Waals surface area (Å²) in [5, 5.41) is 14.5. The monoisotopic (exact) mass is 559 g/mol. The van der Waals surface area contributed by atoms with Gasteiger partial charge in [0.15, 0.2) is 0 Å². The number of hydrogen-bond donors (Lipinski definition) is 1. The van der Waals surface area contributed by atoms with Crippen molar-refractivity contribution in [2.45, 2.75) is 31.8 Å². The van der Waals surface area contributed by atoms with Gasteiger partial charge in [0.05, 0.1) is 21.7 Å². The molecule has 37 heavy (non-hydrogen) atoms. The number of hydrogen-bond acceptors (Lipinski definition) is 6. The first-order chi connectivity index (χ1) is 17.9. The van der Waals surface area contributed by atoms with Crippen molar-refractivity contribution in [2.24, 2.45) is 0 Å². The number of halogens is 1. The van der Waals surface area contributed by atoms with Crippen LogP contribution in [0.1, 0.15) is 46.1 Å². The van der Waals surface area contributed by atoms with Crippen LogP contribution in [0.25, 0.3) is 10.9 Å². The van der Waals surface area contributed by atoms with E-state index in [4.69, 9.17) is 9.72 Å². The van der Waals surface area contributed by atoms with Crippen molar-refractivity contribution >= 4 is 50.1 Å². The molecular weight excluding hydrogens is 538 g/mol. The van der Waals surface area contributed by atoms with Gasteiger partial charge in [-0.1, -0.05) is 48.5 Å². The predicted octanol–water partition coefficient (Wildman–Crippen LogP) is 6.32. The molecular formula is C28H22BrN3O5. The van der Waals surface area contributed by atoms with Gasteiger partial charge in [-0.15, -0.1) is 0 Å². The van der Waals surface area contributed by atoms with E-state index in [9.17, 15) is 19.7 Å². The number of nitrogens with one attached hydrogen (secondary N) is 1. The number of anilines is 1. The Morgan fingerprint density at radius 3 is 2.49 bits per heavy atom. The molecule has 186 valence electrons. The summed E-state index contributed by atoms with van der Waals surface area (Å²) in [5.74, 6) is -1.18. The summed E-state index contributed by atoms with van der Waals surface area (Å²) in [5.41, 5.74) is 3.63. The Morgan fingerprint density at radius 2 is 1.73 bits per heavy atom. The van der Waals surface area contributed by atoms with Crippen LogP contribution < -0.4 is 5.32 Å². The number of carbonyl (C=O) groups is 2. The van der Waals surface area contributed by atoms with Gasteiger partial charge in [0, 0.05) is 33.2 Å². The third kappa shape index (κ3) is 5.08. The SMILES string of the molecule is O=C(OC(C(=O)Nc1ccc([N+](=O)[O-])cc1Br)c1ccccc1)c1c2c(nc3ccccc13)CCCC2. The smallest absolute Gasteiger partial charge is 0.340 e. The molecule has 1 N–H and O–H groups in total. The predicted molar refractivity (Wildman–Crippen MR) is 142 cm³/mol. The standard InChI is InChI=1S/C28H22BrN3O5/c29-21-16-18(32(35)36)14-15-24(21)31-27(33)26(17-8-2-1-3-9-17)37-28(34)25-19-10-4-6-12-22(19)30-23-13-7-5-11-20(23)25/h1-4,6,8-10,12,14-16,26H,5,7,11,13H2,(H,31,33). The molecule has 0 aliphatic heterocycles. The van der Waals surface area contributed by atoms with E-state index >= 15 is 0 Å². The summed E-state index contributed by atoms with van der Waals surface area (Å²) < 4.78 is 6.27. The average molecular weight is 560 g/mol. The van der Waals surface area contributed by atoms with Gasteiger partial charge in [-0.05, 0) is 59.3 Å². The molecule has 3 aromatic carbocycles. The highest BCUT2D eigenvalue weighted by Gasteiger charge is 2.30. The molecule has 0 fully saturated rings. The second-order valence-electron chi connectivity index (χ2n) is 8.74. The molecule has 0 bridgehead atoms. The Labute approximate surface area is 221 Å². The van der Waals surface area contributed by atoms with Gasteiger partial charge in [0.2, 0.25) is 6.10 Å². The average Bonchev–Trinajstić information content (AvgIpc) is 2.91. The van der Waals surface area contributed by atoms with Crippen LogP contribution in [0.15, 0.2) is 77.3 Å². The molecule has 0 radical (unpaired) electrons. The molecule has 1 aliphatic carbocycles. The number of ether oxygens (including phenoxy) is 1. The van der Waals surface area contributed by atoms with E-state index in [1.54, 1.807) is 30.3 Å². The minimum absolute atomic E-state index is 0.120. The van der Waals surface area contributed by atoms with E-state index in [1.165, 1.54) is 18.2 Å². The van der Waals surface area contributed by atoms with Crippen molar-refractivity contribution in [3.63, 3.8) is 0 Å². The molecule has 1 aliphatic rings. The number of pyridine rings is 1. The number of amides is 1. The highest BCUT2D eigenvalue weighted by molar-refractivity contribution is 9.10. The van der Waals surface area contributed by atoms with E-state index in [0.29, 0.717) is 32.2 Å². The summed E-state index contributed by atoms with van der Waals surface area (Å²) >= 11 is 3.27. The van der Waals surface area contributed by atoms with Gasteiger partial charge in [0.1, 0.15) is 0 Å². The van der Waals surface area contributed by atoms with E-state index in [-0.39, 0.29) is 5.69 Å². The molecule has 5 rings (SSSR count). The van der Waals surface area contributed by atoms with E-state index in [1.807, 2.05) is 24.3 Å². The first-order valence-electron chi connectivity index (χ1n) is 11.8. The van der Waals surface area contributed by atoms with Crippen molar-refractivity contribution < 1.29 is 19.2 Å². The fourth-order valence-corrected chi connectivity index (χ4v) is 5.06. The summed E-state index contributed by atoms with van der Waals surface area (Å²) in [6.45, 7) is 0. The van der Waals surface area contributed by atoms with Crippen LogP contribution in [-0.2, 0) is 22.4 Å². The van der Waals surface area contributed by atoms with Crippen LogP contribution in [0.2, 0.25) is 0 Å². The van der Waals surface area contributed by atoms with Crippen molar-refractivity contribution in [1.82, 2.24) is 4.98 Å². The summed E-state index contributed by atoms with van der Waals surface area (Å²) in [6, 6.07) is 20.2. The quantitative estimate of drug-likeness (QED) is 0.168. The number of para-hydroxylation sites is 1. The number of fused-ring (bicyclic) bond motifs is 2. The van der Waals surface area contributed by atoms with Crippen LogP contribution in [0.5, 0.6) is 0 Å². The lowest BCUT2D eigenvalue weighted by atomic mass is 9.90. The van der Waals surface area contributed by atoms with E-state index in [0.717, 1.165) is 36.9 Å². The number of benzene rings is 3. The molecule has 9 heteroatoms. The topological polar surface area (TPSA) is 111 Å². The normalized spacial score (nSPS) is 13.4. The second-order valence-corrected chi connectivity index (χ2v) is 9.60. The molecule has 4 aromatic rings. The molecule has 1 unspecified atom stereocenters. The highest BCUT2D eigenvalue weighted by Crippen LogP contribution is 2.33. The molecule has 8 nitrogen and oxygen atoms in total. The number of nitrogens with zero attached hydrogens (tertiary/aromatic N) is 2. The Kier molecular flexibility index (Phi) is 6.96. The van der Waals surface area contributed by atoms with Gasteiger partial charge in [-0.25, -0.2) is 4.79 Å². The fraction of sp³-hybridized carbons (Fsp3) is 0.179. The first kappa shape index (κ1) is 24.6. The van der Waals surface area contributed by atoms with Crippen LogP contribution in [0, 0.1) is 10.1 Å². The largest absolute Gasteiger partial charge is 0.444 e. The number of esters is 1. The van der Waals surface area contributed by atoms with Crippen LogP contribution in [-0.4, -0.2) is 21.8 Å². The van der Waals surface area contributed by atoms with Crippen LogP contribution >= 0.6 is 15.9 Å². The zero-order chi connectivity index (χ0) is 25.9. The van der Waals surface area contributed by atoms with Gasteiger partial charge in [0.25, 0.3) is 11.6 Å². The summed E-state index contributed by atoms with van der Waals surface area (Å²) in [6.07, 6.45) is 2.21. The lowest BCUT2D eigenvalue weighted by Gasteiger charge is -2.22. The molecule has 1 aromatic heterocycles. The van der Waals surface area contributed by atoms with Gasteiger partial charge in [-0.3, -0.25) is 19.9 Å². The Morgan fingerprint density at radius 1 is 1.00 bits per heavy atom. The maximum atomic E-state index is 13.7. The number of carbonyl (C=O) groups excluding carboxylic acids is 2. The molecule has 1 amide bonds. The third-order valence-electron chi connectivity index (χ3n) is 6.36. The van der Waals surface area contributed by atoms with Crippen LogP contribution in [0.3, 0.4) is 0 Å². The second kappa shape index (κ2) is 10.5. The van der Waals surface area contributed by atoms with Crippen molar-refractivity contribution in [1.29, 1.82) is 0 Å². The lowest BCUT2D eigenvalue weighted by molar-refractivity contribution is -0.384. The Balaban J connectivity index is 1.51. The minimum Gasteiger partial charge on any atom is -0.444 e. The highest BCUT2D eigenvalue weighted by atomic mass is 79.9. The first-order valence-corrected chi connectivity index (χ1v) is 12.6. The lowest BCUT2D eigenvalue weighted by Crippen LogP contribution is -2.27. The molecule has 0 spiro atoms. The number of aromatic nitrogens is 1. The van der Waals surface area contributed by atoms with E-state index in [2.05, 4.69) is 21.2 Å². The maximum absolute atomic E-state index is 13.7. The molecule has 1 atom stereocenters. The van der Waals surface area contributed by atoms with E-state index < -0.39 is 22.9 Å². The number of nitro groups is 1.